The quantitative estimate of drug-likeness (QED) is 0.639. The third-order valence-electron chi connectivity index (χ3n) is 2.12. The topological polar surface area (TPSA) is 32.8 Å². The van der Waals surface area contributed by atoms with E-state index in [2.05, 4.69) is 0 Å². The van der Waals surface area contributed by atoms with E-state index in [-0.39, 0.29) is 6.09 Å². The molecule has 86 valence electrons. The van der Waals surface area contributed by atoms with Crippen LogP contribution in [0, 0.1) is 0 Å². The van der Waals surface area contributed by atoms with Crippen LogP contribution in [0.25, 0.3) is 0 Å². The molecule has 0 aromatic rings. The van der Waals surface area contributed by atoms with Gasteiger partial charge in [-0.25, -0.2) is 4.79 Å². The minimum absolute atomic E-state index is 0.230. The smallest absolute Gasteiger partial charge is 0.410 e. The fourth-order valence-electron chi connectivity index (χ4n) is 1.34. The molecule has 0 spiro atoms. The predicted octanol–water partition coefficient (Wildman–Crippen LogP) is 1.50. The number of carbonyl (C=O) groups is 1. The maximum absolute atomic E-state index is 11.7. The van der Waals surface area contributed by atoms with Crippen molar-refractivity contribution in [2.75, 3.05) is 26.2 Å². The van der Waals surface area contributed by atoms with Crippen molar-refractivity contribution in [2.24, 2.45) is 0 Å². The highest BCUT2D eigenvalue weighted by molar-refractivity contribution is 7.78. The van der Waals surface area contributed by atoms with Gasteiger partial charge in [-0.1, -0.05) is 12.2 Å². The molecular formula is C10H18N2O2S. The Morgan fingerprint density at radius 3 is 2.20 bits per heavy atom. The summed E-state index contributed by atoms with van der Waals surface area (Å²) in [6.45, 7) is 8.57. The van der Waals surface area contributed by atoms with Crippen molar-refractivity contribution in [3.63, 3.8) is 0 Å². The van der Waals surface area contributed by atoms with Crippen molar-refractivity contribution >= 4 is 23.8 Å². The highest BCUT2D eigenvalue weighted by Crippen LogP contribution is 2.11. The van der Waals surface area contributed by atoms with E-state index in [1.165, 1.54) is 0 Å². The van der Waals surface area contributed by atoms with Gasteiger partial charge in [0.1, 0.15) is 5.60 Å². The van der Waals surface area contributed by atoms with E-state index in [0.29, 0.717) is 13.1 Å². The number of ether oxygens (including phenoxy) is 1. The monoisotopic (exact) mass is 230 g/mol. The second-order valence-electron chi connectivity index (χ2n) is 4.61. The number of amides is 1. The standard InChI is InChI=1S/C10H18N2O2S/c1-10(2,3)14-9(13)12-6-4-11(8-15)5-7-12/h8H,4-7H2,1-3H3. The van der Waals surface area contributed by atoms with Crippen molar-refractivity contribution in [2.45, 2.75) is 26.4 Å². The summed E-state index contributed by atoms with van der Waals surface area (Å²) in [6, 6.07) is 0. The lowest BCUT2D eigenvalue weighted by Crippen LogP contribution is -2.49. The molecule has 0 aromatic heterocycles. The molecule has 1 aliphatic rings. The van der Waals surface area contributed by atoms with Gasteiger partial charge in [-0.3, -0.25) is 0 Å². The normalized spacial score (nSPS) is 17.5. The Hall–Kier alpha value is -0.840. The molecule has 0 unspecified atom stereocenters. The van der Waals surface area contributed by atoms with Crippen LogP contribution in [0.3, 0.4) is 0 Å². The molecule has 0 aliphatic carbocycles. The first kappa shape index (κ1) is 12.2. The van der Waals surface area contributed by atoms with Crippen LogP contribution in [0.4, 0.5) is 4.79 Å². The molecule has 1 heterocycles. The minimum Gasteiger partial charge on any atom is -0.444 e. The summed E-state index contributed by atoms with van der Waals surface area (Å²) in [5, 5.41) is 0. The molecule has 4 nitrogen and oxygen atoms in total. The summed E-state index contributed by atoms with van der Waals surface area (Å²) in [4.78, 5) is 15.4. The average Bonchev–Trinajstić information content (AvgIpc) is 2.15. The highest BCUT2D eigenvalue weighted by Gasteiger charge is 2.24. The van der Waals surface area contributed by atoms with Gasteiger partial charge in [-0.05, 0) is 20.8 Å². The Morgan fingerprint density at radius 2 is 1.80 bits per heavy atom. The number of carbonyl (C=O) groups excluding carboxylic acids is 1. The molecule has 0 atom stereocenters. The maximum Gasteiger partial charge on any atom is 0.410 e. The van der Waals surface area contributed by atoms with Crippen LogP contribution in [-0.4, -0.2) is 53.2 Å². The van der Waals surface area contributed by atoms with Crippen molar-refractivity contribution < 1.29 is 9.53 Å². The average molecular weight is 230 g/mol. The Balaban J connectivity index is 2.40. The van der Waals surface area contributed by atoms with Gasteiger partial charge in [0.2, 0.25) is 0 Å². The maximum atomic E-state index is 11.7. The first-order valence-corrected chi connectivity index (χ1v) is 5.57. The van der Waals surface area contributed by atoms with Crippen molar-refractivity contribution in [3.05, 3.63) is 0 Å². The summed E-state index contributed by atoms with van der Waals surface area (Å²) in [5.41, 5.74) is 1.23. The molecule has 0 radical (unpaired) electrons. The van der Waals surface area contributed by atoms with Crippen LogP contribution in [-0.2, 0) is 4.74 Å². The Morgan fingerprint density at radius 1 is 1.27 bits per heavy atom. The molecule has 1 aliphatic heterocycles. The molecule has 1 rings (SSSR count). The van der Waals surface area contributed by atoms with Crippen molar-refractivity contribution in [1.29, 1.82) is 0 Å². The molecule has 0 N–H and O–H groups in total. The van der Waals surface area contributed by atoms with Gasteiger partial charge in [-0.2, -0.15) is 0 Å². The number of hydrogen-bond donors (Lipinski definition) is 0. The fourth-order valence-corrected chi connectivity index (χ4v) is 1.55. The SMILES string of the molecule is CC(C)(C)OC(=O)N1CCN(C=S)CC1. The van der Waals surface area contributed by atoms with Crippen molar-refractivity contribution in [3.8, 4) is 0 Å². The molecule has 1 saturated heterocycles. The summed E-state index contributed by atoms with van der Waals surface area (Å²) in [6.07, 6.45) is -0.230. The number of nitrogens with zero attached hydrogens (tertiary/aromatic N) is 2. The lowest BCUT2D eigenvalue weighted by molar-refractivity contribution is 0.0190. The molecule has 0 aromatic carbocycles. The minimum atomic E-state index is -0.418. The van der Waals surface area contributed by atoms with Gasteiger partial charge in [0.15, 0.2) is 0 Å². The van der Waals surface area contributed by atoms with E-state index in [4.69, 9.17) is 17.0 Å². The third-order valence-corrected chi connectivity index (χ3v) is 2.41. The Kier molecular flexibility index (Phi) is 3.90. The number of rotatable bonds is 1. The molecule has 15 heavy (non-hydrogen) atoms. The van der Waals surface area contributed by atoms with Crippen LogP contribution in [0.15, 0.2) is 0 Å². The zero-order valence-electron chi connectivity index (χ0n) is 9.52. The largest absolute Gasteiger partial charge is 0.444 e. The molecule has 0 bridgehead atoms. The molecule has 1 amide bonds. The van der Waals surface area contributed by atoms with Crippen LogP contribution in [0.1, 0.15) is 20.8 Å². The number of hydrogen-bond acceptors (Lipinski definition) is 3. The fraction of sp³-hybridized carbons (Fsp3) is 0.800. The second kappa shape index (κ2) is 4.79. The summed E-state index contributed by atoms with van der Waals surface area (Å²) >= 11 is 4.83. The van der Waals surface area contributed by atoms with E-state index in [9.17, 15) is 4.79 Å². The lowest BCUT2D eigenvalue weighted by atomic mass is 10.2. The van der Waals surface area contributed by atoms with E-state index >= 15 is 0 Å². The van der Waals surface area contributed by atoms with E-state index < -0.39 is 5.60 Å². The van der Waals surface area contributed by atoms with Crippen LogP contribution in [0.5, 0.6) is 0 Å². The van der Waals surface area contributed by atoms with E-state index in [1.807, 2.05) is 25.7 Å². The molecule has 0 saturated carbocycles. The number of piperazine rings is 1. The van der Waals surface area contributed by atoms with Crippen LogP contribution >= 0.6 is 12.2 Å². The van der Waals surface area contributed by atoms with E-state index in [1.54, 1.807) is 10.4 Å². The Labute approximate surface area is 96.2 Å². The molecule has 5 heteroatoms. The van der Waals surface area contributed by atoms with Gasteiger partial charge < -0.3 is 14.5 Å². The van der Waals surface area contributed by atoms with Gasteiger partial charge in [0.25, 0.3) is 0 Å². The summed E-state index contributed by atoms with van der Waals surface area (Å²) in [5.74, 6) is 0. The molecular weight excluding hydrogens is 212 g/mol. The van der Waals surface area contributed by atoms with Gasteiger partial charge in [0.05, 0.1) is 5.49 Å². The van der Waals surface area contributed by atoms with Gasteiger partial charge in [0, 0.05) is 26.2 Å². The third kappa shape index (κ3) is 4.03. The predicted molar refractivity (Wildman–Crippen MR) is 63.0 cm³/mol. The number of thiocarbonyl (C=S) groups is 1. The summed E-state index contributed by atoms with van der Waals surface area (Å²) in [7, 11) is 0. The first-order valence-electron chi connectivity index (χ1n) is 5.09. The van der Waals surface area contributed by atoms with Gasteiger partial charge >= 0.3 is 6.09 Å². The summed E-state index contributed by atoms with van der Waals surface area (Å²) < 4.78 is 5.28. The van der Waals surface area contributed by atoms with E-state index in [0.717, 1.165) is 13.1 Å². The van der Waals surface area contributed by atoms with Crippen LogP contribution < -0.4 is 0 Å². The second-order valence-corrected chi connectivity index (χ2v) is 4.82. The highest BCUT2D eigenvalue weighted by atomic mass is 32.1. The zero-order valence-corrected chi connectivity index (χ0v) is 10.3. The lowest BCUT2D eigenvalue weighted by Gasteiger charge is -2.34. The van der Waals surface area contributed by atoms with Crippen molar-refractivity contribution in [1.82, 2.24) is 9.80 Å². The van der Waals surface area contributed by atoms with Gasteiger partial charge in [-0.15, -0.1) is 0 Å². The first-order chi connectivity index (χ1) is 6.92. The molecule has 1 fully saturated rings. The Bertz CT molecular complexity index is 242. The zero-order chi connectivity index (χ0) is 11.5. The van der Waals surface area contributed by atoms with Crippen LogP contribution in [0.2, 0.25) is 0 Å².